The molecular formula is C8H3Cl5O2. The van der Waals surface area contributed by atoms with Crippen molar-refractivity contribution in [3.8, 4) is 0 Å². The van der Waals surface area contributed by atoms with Crippen LogP contribution in [0.25, 0.3) is 0 Å². The highest BCUT2D eigenvalue weighted by atomic mass is 35.5. The molecule has 0 aromatic heterocycles. The molecule has 7 heteroatoms. The van der Waals surface area contributed by atoms with E-state index in [1.807, 2.05) is 0 Å². The summed E-state index contributed by atoms with van der Waals surface area (Å²) < 4.78 is 0. The van der Waals surface area contributed by atoms with Gasteiger partial charge in [-0.2, -0.15) is 0 Å². The van der Waals surface area contributed by atoms with Crippen LogP contribution in [0.2, 0.25) is 25.1 Å². The quantitative estimate of drug-likeness (QED) is 0.641. The van der Waals surface area contributed by atoms with Crippen LogP contribution in [0.15, 0.2) is 0 Å². The van der Waals surface area contributed by atoms with E-state index in [0.29, 0.717) is 0 Å². The van der Waals surface area contributed by atoms with Crippen molar-refractivity contribution in [1.29, 1.82) is 0 Å². The van der Waals surface area contributed by atoms with Crippen LogP contribution in [0.3, 0.4) is 0 Å². The number of halogens is 5. The summed E-state index contributed by atoms with van der Waals surface area (Å²) in [5.74, 6) is -1.09. The van der Waals surface area contributed by atoms with Gasteiger partial charge in [-0.05, 0) is 0 Å². The summed E-state index contributed by atoms with van der Waals surface area (Å²) in [5, 5.41) is 8.68. The van der Waals surface area contributed by atoms with Gasteiger partial charge in [-0.15, -0.1) is 0 Å². The molecule has 0 radical (unpaired) electrons. The average Bonchev–Trinajstić information content (AvgIpc) is 2.18. The van der Waals surface area contributed by atoms with Gasteiger partial charge in [0.25, 0.3) is 0 Å². The fourth-order valence-electron chi connectivity index (χ4n) is 0.957. The molecule has 1 rings (SSSR count). The van der Waals surface area contributed by atoms with Gasteiger partial charge in [0.1, 0.15) is 0 Å². The largest absolute Gasteiger partial charge is 0.481 e. The van der Waals surface area contributed by atoms with Gasteiger partial charge in [0.05, 0.1) is 31.5 Å². The van der Waals surface area contributed by atoms with Gasteiger partial charge in [-0.1, -0.05) is 58.0 Å². The number of carbonyl (C=O) groups is 1. The van der Waals surface area contributed by atoms with Crippen molar-refractivity contribution in [2.24, 2.45) is 0 Å². The Kier molecular flexibility index (Phi) is 4.38. The lowest BCUT2D eigenvalue weighted by Gasteiger charge is -2.10. The summed E-state index contributed by atoms with van der Waals surface area (Å²) >= 11 is 28.8. The normalized spacial score (nSPS) is 10.5. The molecule has 0 aliphatic heterocycles. The number of carboxylic acid groups (broad SMARTS) is 1. The summed E-state index contributed by atoms with van der Waals surface area (Å²) in [4.78, 5) is 10.5. The van der Waals surface area contributed by atoms with Gasteiger partial charge in [-0.25, -0.2) is 0 Å². The molecule has 0 saturated carbocycles. The maximum atomic E-state index is 10.5. The van der Waals surface area contributed by atoms with Crippen molar-refractivity contribution < 1.29 is 9.90 Å². The van der Waals surface area contributed by atoms with Crippen molar-refractivity contribution in [2.75, 3.05) is 0 Å². The molecule has 0 aliphatic rings. The van der Waals surface area contributed by atoms with E-state index in [9.17, 15) is 4.79 Å². The van der Waals surface area contributed by atoms with E-state index < -0.39 is 5.97 Å². The fourth-order valence-corrected chi connectivity index (χ4v) is 2.27. The van der Waals surface area contributed by atoms with E-state index in [0.717, 1.165) is 0 Å². The topological polar surface area (TPSA) is 37.3 Å². The fraction of sp³-hybridized carbons (Fsp3) is 0.125. The van der Waals surface area contributed by atoms with Gasteiger partial charge >= 0.3 is 5.97 Å². The van der Waals surface area contributed by atoms with Crippen molar-refractivity contribution in [1.82, 2.24) is 0 Å². The first kappa shape index (κ1) is 13.2. The van der Waals surface area contributed by atoms with E-state index in [4.69, 9.17) is 63.1 Å². The highest BCUT2D eigenvalue weighted by Crippen LogP contribution is 2.43. The van der Waals surface area contributed by atoms with Crippen LogP contribution >= 0.6 is 58.0 Å². The smallest absolute Gasteiger partial charge is 0.307 e. The molecule has 1 aromatic carbocycles. The second-order valence-corrected chi connectivity index (χ2v) is 4.51. The number of benzene rings is 1. The molecule has 0 saturated heterocycles. The zero-order valence-corrected chi connectivity index (χ0v) is 10.7. The van der Waals surface area contributed by atoms with Crippen molar-refractivity contribution >= 4 is 64.0 Å². The summed E-state index contributed by atoms with van der Waals surface area (Å²) in [6.45, 7) is 0. The van der Waals surface area contributed by atoms with Crippen molar-refractivity contribution in [3.63, 3.8) is 0 Å². The van der Waals surface area contributed by atoms with E-state index in [1.54, 1.807) is 0 Å². The summed E-state index contributed by atoms with van der Waals surface area (Å²) in [5.41, 5.74) is 0.158. The third kappa shape index (κ3) is 2.63. The highest BCUT2D eigenvalue weighted by molar-refractivity contribution is 6.55. The Morgan fingerprint density at radius 2 is 1.20 bits per heavy atom. The van der Waals surface area contributed by atoms with Crippen LogP contribution in [0.5, 0.6) is 0 Å². The first-order chi connectivity index (χ1) is 6.86. The van der Waals surface area contributed by atoms with E-state index in [2.05, 4.69) is 0 Å². The number of aliphatic carboxylic acids is 1. The van der Waals surface area contributed by atoms with Gasteiger partial charge in [0.2, 0.25) is 0 Å². The highest BCUT2D eigenvalue weighted by Gasteiger charge is 2.20. The second-order valence-electron chi connectivity index (χ2n) is 2.62. The van der Waals surface area contributed by atoms with Gasteiger partial charge in [0.15, 0.2) is 0 Å². The minimum atomic E-state index is -1.09. The molecule has 0 bridgehead atoms. The average molecular weight is 308 g/mol. The first-order valence-corrected chi connectivity index (χ1v) is 5.47. The zero-order valence-electron chi connectivity index (χ0n) is 6.95. The summed E-state index contributed by atoms with van der Waals surface area (Å²) in [6.07, 6.45) is -0.367. The van der Waals surface area contributed by atoms with Crippen LogP contribution in [0.1, 0.15) is 5.56 Å². The molecule has 2 nitrogen and oxygen atoms in total. The standard InChI is InChI=1S/C8H3Cl5O2/c9-4-2(1-3(14)15)5(10)7(12)8(13)6(4)11/h1H2,(H,14,15). The molecule has 0 unspecified atom stereocenters. The Hall–Kier alpha value is 0.140. The summed E-state index contributed by atoms with van der Waals surface area (Å²) in [7, 11) is 0. The molecule has 1 N–H and O–H groups in total. The number of hydrogen-bond donors (Lipinski definition) is 1. The Morgan fingerprint density at radius 1 is 0.867 bits per heavy atom. The Balaban J connectivity index is 3.45. The minimum Gasteiger partial charge on any atom is -0.481 e. The molecule has 0 aliphatic carbocycles. The predicted octanol–water partition coefficient (Wildman–Crippen LogP) is 4.58. The van der Waals surface area contributed by atoms with Crippen LogP contribution in [0.4, 0.5) is 0 Å². The predicted molar refractivity (Wildman–Crippen MR) is 62.8 cm³/mol. The van der Waals surface area contributed by atoms with Gasteiger partial charge in [-0.3, -0.25) is 4.79 Å². The second kappa shape index (κ2) is 4.98. The number of carboxylic acids is 1. The molecule has 0 heterocycles. The number of rotatable bonds is 2. The molecule has 15 heavy (non-hydrogen) atoms. The molecule has 0 fully saturated rings. The maximum absolute atomic E-state index is 10.5. The Bertz CT molecular complexity index is 401. The van der Waals surface area contributed by atoms with Crippen LogP contribution < -0.4 is 0 Å². The monoisotopic (exact) mass is 306 g/mol. The minimum absolute atomic E-state index is 0.00369. The lowest BCUT2D eigenvalue weighted by atomic mass is 10.1. The van der Waals surface area contributed by atoms with Gasteiger partial charge < -0.3 is 5.11 Å². The van der Waals surface area contributed by atoms with Gasteiger partial charge in [0, 0.05) is 5.56 Å². The maximum Gasteiger partial charge on any atom is 0.307 e. The zero-order chi connectivity index (χ0) is 11.7. The van der Waals surface area contributed by atoms with Crippen molar-refractivity contribution in [2.45, 2.75) is 6.42 Å². The molecule has 82 valence electrons. The number of hydrogen-bond acceptors (Lipinski definition) is 1. The lowest BCUT2D eigenvalue weighted by Crippen LogP contribution is -2.02. The van der Waals surface area contributed by atoms with E-state index in [-0.39, 0.29) is 37.1 Å². The Labute approximate surface area is 111 Å². The molecule has 0 atom stereocenters. The van der Waals surface area contributed by atoms with Crippen molar-refractivity contribution in [3.05, 3.63) is 30.7 Å². The van der Waals surface area contributed by atoms with E-state index in [1.165, 1.54) is 0 Å². The lowest BCUT2D eigenvalue weighted by molar-refractivity contribution is -0.136. The Morgan fingerprint density at radius 3 is 1.53 bits per heavy atom. The van der Waals surface area contributed by atoms with Crippen LogP contribution in [0, 0.1) is 0 Å². The molecular weight excluding hydrogens is 305 g/mol. The molecule has 0 spiro atoms. The third-order valence-corrected chi connectivity index (χ3v) is 3.98. The van der Waals surface area contributed by atoms with Crippen LogP contribution in [-0.2, 0) is 11.2 Å². The summed E-state index contributed by atoms with van der Waals surface area (Å²) in [6, 6.07) is 0. The van der Waals surface area contributed by atoms with Crippen LogP contribution in [-0.4, -0.2) is 11.1 Å². The first-order valence-electron chi connectivity index (χ1n) is 3.58. The SMILES string of the molecule is O=C(O)Cc1c(Cl)c(Cl)c(Cl)c(Cl)c1Cl. The molecule has 0 amide bonds. The van der Waals surface area contributed by atoms with E-state index >= 15 is 0 Å². The molecule has 1 aromatic rings. The third-order valence-electron chi connectivity index (χ3n) is 1.63.